The minimum atomic E-state index is -0.905. The zero-order valence-corrected chi connectivity index (χ0v) is 12.4. The van der Waals surface area contributed by atoms with Crippen molar-refractivity contribution in [1.29, 1.82) is 0 Å². The molecule has 1 nitrogen and oxygen atoms in total. The highest BCUT2D eigenvalue weighted by Crippen LogP contribution is 2.26. The lowest BCUT2D eigenvalue weighted by atomic mass is 9.93. The van der Waals surface area contributed by atoms with Gasteiger partial charge in [0.1, 0.15) is 11.6 Å². The molecule has 112 valence electrons. The van der Waals surface area contributed by atoms with E-state index in [1.165, 1.54) is 18.2 Å². The maximum Gasteiger partial charge on any atom is 0.129 e. The number of aliphatic hydroxyl groups excluding tert-OH is 1. The van der Waals surface area contributed by atoms with Gasteiger partial charge in [0.05, 0.1) is 6.10 Å². The first-order valence-corrected chi connectivity index (χ1v) is 7.29. The highest BCUT2D eigenvalue weighted by atomic mass is 19.1. The third kappa shape index (κ3) is 3.48. The molecule has 1 atom stereocenters. The molecule has 1 unspecified atom stereocenters. The maximum absolute atomic E-state index is 13.7. The quantitative estimate of drug-likeness (QED) is 0.867. The van der Waals surface area contributed by atoms with Crippen molar-refractivity contribution < 1.29 is 13.9 Å². The van der Waals surface area contributed by atoms with Crippen LogP contribution in [0.1, 0.15) is 42.2 Å². The second-order valence-corrected chi connectivity index (χ2v) is 5.16. The van der Waals surface area contributed by atoms with Gasteiger partial charge in [0.15, 0.2) is 0 Å². The lowest BCUT2D eigenvalue weighted by Crippen LogP contribution is -2.08. The van der Waals surface area contributed by atoms with Crippen LogP contribution in [0.25, 0.3) is 0 Å². The SMILES string of the molecule is CCc1ccc(CC)c(C(O)Cc2c(F)cccc2F)c1. The van der Waals surface area contributed by atoms with Crippen LogP contribution < -0.4 is 0 Å². The molecule has 0 amide bonds. The van der Waals surface area contributed by atoms with E-state index < -0.39 is 17.7 Å². The Kier molecular flexibility index (Phi) is 5.07. The van der Waals surface area contributed by atoms with Gasteiger partial charge in [-0.3, -0.25) is 0 Å². The molecule has 0 bridgehead atoms. The number of halogens is 2. The molecule has 2 rings (SSSR count). The zero-order chi connectivity index (χ0) is 15.4. The van der Waals surface area contributed by atoms with E-state index in [1.807, 2.05) is 32.0 Å². The van der Waals surface area contributed by atoms with Gasteiger partial charge in [-0.25, -0.2) is 8.78 Å². The Balaban J connectivity index is 2.33. The first-order chi connectivity index (χ1) is 10.1. The summed E-state index contributed by atoms with van der Waals surface area (Å²) in [5, 5.41) is 10.4. The molecule has 0 radical (unpaired) electrons. The van der Waals surface area contributed by atoms with Crippen LogP contribution in [0, 0.1) is 11.6 Å². The molecule has 0 aliphatic heterocycles. The topological polar surface area (TPSA) is 20.2 Å². The number of rotatable bonds is 5. The van der Waals surface area contributed by atoms with E-state index >= 15 is 0 Å². The summed E-state index contributed by atoms with van der Waals surface area (Å²) < 4.78 is 27.4. The predicted octanol–water partition coefficient (Wildman–Crippen LogP) is 4.37. The monoisotopic (exact) mass is 290 g/mol. The van der Waals surface area contributed by atoms with Crippen LogP contribution in [-0.4, -0.2) is 5.11 Å². The molecule has 0 aromatic heterocycles. The maximum atomic E-state index is 13.7. The van der Waals surface area contributed by atoms with Crippen LogP contribution in [0.5, 0.6) is 0 Å². The molecule has 2 aromatic carbocycles. The van der Waals surface area contributed by atoms with Crippen molar-refractivity contribution in [2.24, 2.45) is 0 Å². The van der Waals surface area contributed by atoms with Gasteiger partial charge in [-0.15, -0.1) is 0 Å². The van der Waals surface area contributed by atoms with Crippen molar-refractivity contribution in [3.8, 4) is 0 Å². The third-order valence-electron chi connectivity index (χ3n) is 3.82. The van der Waals surface area contributed by atoms with E-state index in [0.29, 0.717) is 0 Å². The average molecular weight is 290 g/mol. The lowest BCUT2D eigenvalue weighted by molar-refractivity contribution is 0.174. The van der Waals surface area contributed by atoms with E-state index in [9.17, 15) is 13.9 Å². The van der Waals surface area contributed by atoms with Gasteiger partial charge in [-0.05, 0) is 41.7 Å². The van der Waals surface area contributed by atoms with Crippen LogP contribution in [0.2, 0.25) is 0 Å². The smallest absolute Gasteiger partial charge is 0.129 e. The average Bonchev–Trinajstić information content (AvgIpc) is 2.50. The molecule has 0 saturated carbocycles. The fraction of sp³-hybridized carbons (Fsp3) is 0.333. The van der Waals surface area contributed by atoms with Crippen molar-refractivity contribution in [2.75, 3.05) is 0 Å². The van der Waals surface area contributed by atoms with E-state index in [1.54, 1.807) is 0 Å². The Morgan fingerprint density at radius 3 is 2.24 bits per heavy atom. The molecule has 0 heterocycles. The van der Waals surface area contributed by atoms with Crippen molar-refractivity contribution in [3.05, 3.63) is 70.3 Å². The molecular weight excluding hydrogens is 270 g/mol. The number of aryl methyl sites for hydroxylation is 2. The summed E-state index contributed by atoms with van der Waals surface area (Å²) in [6, 6.07) is 9.70. The van der Waals surface area contributed by atoms with Crippen molar-refractivity contribution in [3.63, 3.8) is 0 Å². The normalized spacial score (nSPS) is 12.4. The standard InChI is InChI=1S/C18H20F2O/c1-3-12-8-9-13(4-2)14(10-12)18(21)11-15-16(19)6-5-7-17(15)20/h5-10,18,21H,3-4,11H2,1-2H3. The van der Waals surface area contributed by atoms with Crippen LogP contribution >= 0.6 is 0 Å². The van der Waals surface area contributed by atoms with E-state index in [-0.39, 0.29) is 12.0 Å². The number of hydrogen-bond acceptors (Lipinski definition) is 1. The minimum Gasteiger partial charge on any atom is -0.388 e. The van der Waals surface area contributed by atoms with Gasteiger partial charge in [-0.2, -0.15) is 0 Å². The Hall–Kier alpha value is -1.74. The van der Waals surface area contributed by atoms with E-state index in [0.717, 1.165) is 29.5 Å². The molecule has 0 aliphatic carbocycles. The molecule has 0 spiro atoms. The Morgan fingerprint density at radius 2 is 1.67 bits per heavy atom. The molecule has 0 aliphatic rings. The van der Waals surface area contributed by atoms with Crippen molar-refractivity contribution >= 4 is 0 Å². The summed E-state index contributed by atoms with van der Waals surface area (Å²) in [6.07, 6.45) is 0.671. The van der Waals surface area contributed by atoms with Gasteiger partial charge < -0.3 is 5.11 Å². The van der Waals surface area contributed by atoms with Gasteiger partial charge >= 0.3 is 0 Å². The second-order valence-electron chi connectivity index (χ2n) is 5.16. The van der Waals surface area contributed by atoms with Gasteiger partial charge in [0.25, 0.3) is 0 Å². The van der Waals surface area contributed by atoms with Gasteiger partial charge in [0, 0.05) is 12.0 Å². The Bertz CT molecular complexity index is 602. The first kappa shape index (κ1) is 15.6. The van der Waals surface area contributed by atoms with Crippen molar-refractivity contribution in [2.45, 2.75) is 39.2 Å². The summed E-state index contributed by atoms with van der Waals surface area (Å²) >= 11 is 0. The summed E-state index contributed by atoms with van der Waals surface area (Å²) in [6.45, 7) is 4.04. The number of aliphatic hydroxyl groups is 1. The van der Waals surface area contributed by atoms with Gasteiger partial charge in [-0.1, -0.05) is 38.1 Å². The predicted molar refractivity (Wildman–Crippen MR) is 80.2 cm³/mol. The van der Waals surface area contributed by atoms with E-state index in [4.69, 9.17) is 0 Å². The second kappa shape index (κ2) is 6.81. The van der Waals surface area contributed by atoms with Crippen LogP contribution in [0.3, 0.4) is 0 Å². The highest BCUT2D eigenvalue weighted by Gasteiger charge is 2.17. The number of benzene rings is 2. The summed E-state index contributed by atoms with van der Waals surface area (Å²) in [5.74, 6) is -1.22. The highest BCUT2D eigenvalue weighted by molar-refractivity contribution is 5.35. The first-order valence-electron chi connectivity index (χ1n) is 7.29. The number of hydrogen-bond donors (Lipinski definition) is 1. The van der Waals surface area contributed by atoms with E-state index in [2.05, 4.69) is 0 Å². The van der Waals surface area contributed by atoms with Gasteiger partial charge in [0.2, 0.25) is 0 Å². The molecule has 21 heavy (non-hydrogen) atoms. The van der Waals surface area contributed by atoms with Crippen LogP contribution in [0.15, 0.2) is 36.4 Å². The zero-order valence-electron chi connectivity index (χ0n) is 12.4. The van der Waals surface area contributed by atoms with Crippen LogP contribution in [-0.2, 0) is 19.3 Å². The fourth-order valence-electron chi connectivity index (χ4n) is 2.53. The minimum absolute atomic E-state index is 0.0569. The molecular formula is C18H20F2O. The summed E-state index contributed by atoms with van der Waals surface area (Å²) in [7, 11) is 0. The molecule has 3 heteroatoms. The lowest BCUT2D eigenvalue weighted by Gasteiger charge is -2.17. The summed E-state index contributed by atoms with van der Waals surface area (Å²) in [4.78, 5) is 0. The Labute approximate surface area is 124 Å². The summed E-state index contributed by atoms with van der Waals surface area (Å²) in [5.41, 5.74) is 2.82. The Morgan fingerprint density at radius 1 is 1.00 bits per heavy atom. The fourth-order valence-corrected chi connectivity index (χ4v) is 2.53. The molecule has 2 aromatic rings. The molecule has 0 saturated heterocycles. The third-order valence-corrected chi connectivity index (χ3v) is 3.82. The van der Waals surface area contributed by atoms with Crippen molar-refractivity contribution in [1.82, 2.24) is 0 Å². The molecule has 1 N–H and O–H groups in total. The van der Waals surface area contributed by atoms with Crippen LogP contribution in [0.4, 0.5) is 8.78 Å². The largest absolute Gasteiger partial charge is 0.388 e. The molecule has 0 fully saturated rings.